The molecule has 0 N–H and O–H groups in total. The van der Waals surface area contributed by atoms with Crippen LogP contribution >= 0.6 is 11.3 Å². The number of hydrogen-bond donors (Lipinski definition) is 0. The molecule has 4 aromatic rings. The number of thiophene rings is 1. The van der Waals surface area contributed by atoms with Crippen molar-refractivity contribution in [1.82, 2.24) is 15.1 Å². The summed E-state index contributed by atoms with van der Waals surface area (Å²) in [6.45, 7) is 3.75. The average Bonchev–Trinajstić information content (AvgIpc) is 3.38. The van der Waals surface area contributed by atoms with Crippen molar-refractivity contribution < 1.29 is 4.79 Å². The maximum Gasteiger partial charge on any atom is 0.263 e. The van der Waals surface area contributed by atoms with Crippen molar-refractivity contribution >= 4 is 43.9 Å². The Morgan fingerprint density at radius 2 is 1.73 bits per heavy atom. The van der Waals surface area contributed by atoms with Crippen LogP contribution in [0.2, 0.25) is 0 Å². The lowest BCUT2D eigenvalue weighted by atomic mass is 9.95. The van der Waals surface area contributed by atoms with Crippen molar-refractivity contribution in [3.05, 3.63) is 64.7 Å². The molecule has 1 amide bonds. The standard InChI is InChI=1S/C24H24N4OS/c1-15-17-8-4-5-9-18(17)23(26-25-15)28-13-12-16(14-28)21-19-10-6-7-11-20(19)30-22(21)24(29)27(2)3/h4-11,16H,12-14H2,1-3H3/t16-/m1/s1. The van der Waals surface area contributed by atoms with Gasteiger partial charge in [-0.2, -0.15) is 5.10 Å². The average molecular weight is 417 g/mol. The van der Waals surface area contributed by atoms with Gasteiger partial charge in [0.25, 0.3) is 5.91 Å². The molecule has 5 nitrogen and oxygen atoms in total. The maximum absolute atomic E-state index is 13.0. The summed E-state index contributed by atoms with van der Waals surface area (Å²) < 4.78 is 1.18. The number of nitrogens with zero attached hydrogens (tertiary/aromatic N) is 4. The van der Waals surface area contributed by atoms with Gasteiger partial charge in [-0.1, -0.05) is 42.5 Å². The molecule has 1 saturated heterocycles. The second-order valence-electron chi connectivity index (χ2n) is 8.13. The summed E-state index contributed by atoms with van der Waals surface area (Å²) in [5.74, 6) is 1.32. The first-order chi connectivity index (χ1) is 14.5. The number of aromatic nitrogens is 2. The molecule has 0 unspecified atom stereocenters. The van der Waals surface area contributed by atoms with Crippen molar-refractivity contribution in [2.75, 3.05) is 32.1 Å². The molecule has 1 atom stereocenters. The minimum absolute atomic E-state index is 0.0882. The fourth-order valence-corrected chi connectivity index (χ4v) is 5.79. The summed E-state index contributed by atoms with van der Waals surface area (Å²) in [5.41, 5.74) is 2.15. The van der Waals surface area contributed by atoms with E-state index in [2.05, 4.69) is 51.5 Å². The van der Waals surface area contributed by atoms with Gasteiger partial charge < -0.3 is 9.80 Å². The zero-order valence-electron chi connectivity index (χ0n) is 17.4. The first kappa shape index (κ1) is 19.0. The molecular formula is C24H24N4OS. The third-order valence-corrected chi connectivity index (χ3v) is 7.16. The van der Waals surface area contributed by atoms with E-state index in [9.17, 15) is 4.79 Å². The van der Waals surface area contributed by atoms with Crippen LogP contribution in [0.3, 0.4) is 0 Å². The molecule has 1 aliphatic heterocycles. The highest BCUT2D eigenvalue weighted by atomic mass is 32.1. The normalized spacial score (nSPS) is 16.5. The fourth-order valence-electron chi connectivity index (χ4n) is 4.48. The van der Waals surface area contributed by atoms with Gasteiger partial charge in [-0.25, -0.2) is 0 Å². The van der Waals surface area contributed by atoms with E-state index in [0.717, 1.165) is 46.7 Å². The van der Waals surface area contributed by atoms with Crippen molar-refractivity contribution in [1.29, 1.82) is 0 Å². The smallest absolute Gasteiger partial charge is 0.263 e. The summed E-state index contributed by atoms with van der Waals surface area (Å²) >= 11 is 1.61. The molecule has 6 heteroatoms. The highest BCUT2D eigenvalue weighted by molar-refractivity contribution is 7.21. The van der Waals surface area contributed by atoms with Crippen LogP contribution in [0.5, 0.6) is 0 Å². The van der Waals surface area contributed by atoms with Crippen LogP contribution in [0, 0.1) is 6.92 Å². The number of aryl methyl sites for hydroxylation is 1. The highest BCUT2D eigenvalue weighted by Crippen LogP contribution is 2.42. The molecule has 30 heavy (non-hydrogen) atoms. The molecule has 1 fully saturated rings. The van der Waals surface area contributed by atoms with Crippen molar-refractivity contribution in [3.8, 4) is 0 Å². The van der Waals surface area contributed by atoms with E-state index >= 15 is 0 Å². The molecular weight excluding hydrogens is 392 g/mol. The third kappa shape index (κ3) is 3.03. The minimum Gasteiger partial charge on any atom is -0.354 e. The van der Waals surface area contributed by atoms with Gasteiger partial charge in [0.1, 0.15) is 0 Å². The Balaban J connectivity index is 1.56. The third-order valence-electron chi connectivity index (χ3n) is 5.98. The van der Waals surface area contributed by atoms with E-state index in [1.807, 2.05) is 33.2 Å². The van der Waals surface area contributed by atoms with Crippen LogP contribution in [0.4, 0.5) is 5.82 Å². The second kappa shape index (κ2) is 7.36. The van der Waals surface area contributed by atoms with Gasteiger partial charge in [-0.3, -0.25) is 4.79 Å². The van der Waals surface area contributed by atoms with Gasteiger partial charge in [0.15, 0.2) is 5.82 Å². The quantitative estimate of drug-likeness (QED) is 0.479. The summed E-state index contributed by atoms with van der Waals surface area (Å²) in [7, 11) is 3.65. The van der Waals surface area contributed by atoms with Crippen LogP contribution < -0.4 is 4.90 Å². The predicted molar refractivity (Wildman–Crippen MR) is 124 cm³/mol. The molecule has 152 valence electrons. The zero-order valence-corrected chi connectivity index (χ0v) is 18.2. The number of rotatable bonds is 3. The van der Waals surface area contributed by atoms with Gasteiger partial charge >= 0.3 is 0 Å². The van der Waals surface area contributed by atoms with Crippen LogP contribution in [-0.4, -0.2) is 48.2 Å². The fraction of sp³-hybridized carbons (Fsp3) is 0.292. The van der Waals surface area contributed by atoms with Gasteiger partial charge in [0.05, 0.1) is 10.6 Å². The lowest BCUT2D eigenvalue weighted by Crippen LogP contribution is -2.24. The number of benzene rings is 2. The van der Waals surface area contributed by atoms with Gasteiger partial charge in [0.2, 0.25) is 0 Å². The first-order valence-electron chi connectivity index (χ1n) is 10.2. The van der Waals surface area contributed by atoms with Crippen molar-refractivity contribution in [2.24, 2.45) is 0 Å². The van der Waals surface area contributed by atoms with Gasteiger partial charge in [-0.15, -0.1) is 16.4 Å². The predicted octanol–water partition coefficient (Wildman–Crippen LogP) is 4.85. The summed E-state index contributed by atoms with van der Waals surface area (Å²) in [4.78, 5) is 17.8. The van der Waals surface area contributed by atoms with E-state index in [0.29, 0.717) is 5.92 Å². The lowest BCUT2D eigenvalue weighted by molar-refractivity contribution is 0.0831. The molecule has 3 heterocycles. The molecule has 1 aliphatic rings. The monoisotopic (exact) mass is 416 g/mol. The number of fused-ring (bicyclic) bond motifs is 2. The molecule has 0 radical (unpaired) electrons. The molecule has 0 bridgehead atoms. The number of carbonyl (C=O) groups is 1. The molecule has 0 aliphatic carbocycles. The summed E-state index contributed by atoms with van der Waals surface area (Å²) in [6.07, 6.45) is 0.998. The Kier molecular flexibility index (Phi) is 4.66. The second-order valence-corrected chi connectivity index (χ2v) is 9.18. The molecule has 0 saturated carbocycles. The number of carbonyl (C=O) groups excluding carboxylic acids is 1. The number of anilines is 1. The minimum atomic E-state index is 0.0882. The topological polar surface area (TPSA) is 49.3 Å². The highest BCUT2D eigenvalue weighted by Gasteiger charge is 2.32. The Bertz CT molecular complexity index is 1260. The largest absolute Gasteiger partial charge is 0.354 e. The van der Waals surface area contributed by atoms with E-state index in [1.54, 1.807) is 16.2 Å². The van der Waals surface area contributed by atoms with Crippen molar-refractivity contribution in [2.45, 2.75) is 19.3 Å². The van der Waals surface area contributed by atoms with Crippen LogP contribution in [0.15, 0.2) is 48.5 Å². The number of hydrogen-bond acceptors (Lipinski definition) is 5. The van der Waals surface area contributed by atoms with E-state index in [4.69, 9.17) is 0 Å². The zero-order chi connectivity index (χ0) is 20.8. The Labute approximate surface area is 179 Å². The van der Waals surface area contributed by atoms with Crippen molar-refractivity contribution in [3.63, 3.8) is 0 Å². The molecule has 0 spiro atoms. The van der Waals surface area contributed by atoms with Gasteiger partial charge in [-0.05, 0) is 30.4 Å². The Morgan fingerprint density at radius 1 is 1.03 bits per heavy atom. The van der Waals surface area contributed by atoms with E-state index in [1.165, 1.54) is 15.6 Å². The SMILES string of the molecule is Cc1nnc(N2CC[C@@H](c3c(C(=O)N(C)C)sc4ccccc34)C2)c2ccccc12. The van der Waals surface area contributed by atoms with Crippen LogP contribution in [0.25, 0.3) is 20.9 Å². The first-order valence-corrected chi connectivity index (χ1v) is 11.1. The van der Waals surface area contributed by atoms with E-state index in [-0.39, 0.29) is 5.91 Å². The summed E-state index contributed by atoms with van der Waals surface area (Å²) in [6, 6.07) is 16.7. The molecule has 2 aromatic carbocycles. The lowest BCUT2D eigenvalue weighted by Gasteiger charge is -2.20. The Morgan fingerprint density at radius 3 is 2.50 bits per heavy atom. The maximum atomic E-state index is 13.0. The van der Waals surface area contributed by atoms with Crippen LogP contribution in [0.1, 0.15) is 33.3 Å². The van der Waals surface area contributed by atoms with Crippen LogP contribution in [-0.2, 0) is 0 Å². The van der Waals surface area contributed by atoms with Gasteiger partial charge in [0, 0.05) is 48.6 Å². The molecule has 5 rings (SSSR count). The Hall–Kier alpha value is -2.99. The van der Waals surface area contributed by atoms with E-state index < -0.39 is 0 Å². The number of amides is 1. The summed E-state index contributed by atoms with van der Waals surface area (Å²) in [5, 5.41) is 12.5. The molecule has 2 aromatic heterocycles.